The van der Waals surface area contributed by atoms with E-state index in [0.29, 0.717) is 33.8 Å². The minimum Gasteiger partial charge on any atom is -0.510 e. The molecule has 0 unspecified atom stereocenters. The van der Waals surface area contributed by atoms with Crippen LogP contribution in [0.25, 0.3) is 0 Å². The lowest BCUT2D eigenvalue weighted by molar-refractivity contribution is -0.148. The van der Waals surface area contributed by atoms with Gasteiger partial charge < -0.3 is 35.6 Å². The Morgan fingerprint density at radius 1 is 0.880 bits per heavy atom. The van der Waals surface area contributed by atoms with Crippen molar-refractivity contribution in [2.45, 2.75) is 24.5 Å². The maximum absolute atomic E-state index is 14.4. The Hall–Kier alpha value is -6.01. The van der Waals surface area contributed by atoms with E-state index in [1.165, 1.54) is 4.90 Å². The highest BCUT2D eigenvalue weighted by atomic mass is 16.5. The molecular formula is C39H34N2O9. The number of carbonyl (C=O) groups is 3. The molecule has 0 heterocycles. The second-order valence-corrected chi connectivity index (χ2v) is 12.6. The van der Waals surface area contributed by atoms with Gasteiger partial charge in [0.15, 0.2) is 11.4 Å². The number of ketones is 2. The molecule has 0 aliphatic heterocycles. The Balaban J connectivity index is 1.54. The van der Waals surface area contributed by atoms with E-state index in [1.54, 1.807) is 82.9 Å². The fourth-order valence-electron chi connectivity index (χ4n) is 7.15. The van der Waals surface area contributed by atoms with Crippen molar-refractivity contribution >= 4 is 17.5 Å². The lowest BCUT2D eigenvalue weighted by Crippen LogP contribution is -2.63. The average molecular weight is 675 g/mol. The van der Waals surface area contributed by atoms with E-state index in [2.05, 4.69) is 23.7 Å². The van der Waals surface area contributed by atoms with Crippen LogP contribution in [0.2, 0.25) is 0 Å². The van der Waals surface area contributed by atoms with Crippen LogP contribution >= 0.6 is 0 Å². The third-order valence-corrected chi connectivity index (χ3v) is 9.59. The minimum atomic E-state index is -2.75. The molecule has 6 rings (SSSR count). The molecule has 0 aromatic heterocycles. The Morgan fingerprint density at radius 2 is 1.42 bits per heavy atom. The van der Waals surface area contributed by atoms with Crippen molar-refractivity contribution in [3.63, 3.8) is 0 Å². The normalized spacial score (nSPS) is 22.4. The molecule has 4 atom stereocenters. The number of benzene rings is 3. The van der Waals surface area contributed by atoms with Gasteiger partial charge in [0.25, 0.3) is 5.91 Å². The summed E-state index contributed by atoms with van der Waals surface area (Å²) < 4.78 is 10.4. The van der Waals surface area contributed by atoms with Crippen molar-refractivity contribution in [2.24, 2.45) is 17.6 Å². The number of rotatable bonds is 4. The number of hydrogen-bond donors (Lipinski definition) is 5. The smallest absolute Gasteiger partial charge is 0.255 e. The second-order valence-electron chi connectivity index (χ2n) is 12.6. The number of Topliss-reactive ketones (excluding diaryl/α,β-unsaturated/α-hetero) is 2. The van der Waals surface area contributed by atoms with Gasteiger partial charge in [0.2, 0.25) is 5.78 Å². The highest BCUT2D eigenvalue weighted by molar-refractivity contribution is 6.24. The number of hydrogen-bond acceptors (Lipinski definition) is 10. The van der Waals surface area contributed by atoms with E-state index in [0.717, 1.165) is 0 Å². The van der Waals surface area contributed by atoms with Crippen LogP contribution in [0.5, 0.6) is 17.2 Å². The summed E-state index contributed by atoms with van der Waals surface area (Å²) in [6.07, 6.45) is 0.0395. The van der Waals surface area contributed by atoms with Crippen LogP contribution < -0.4 is 15.2 Å². The minimum absolute atomic E-state index is 0.0447. The van der Waals surface area contributed by atoms with Crippen LogP contribution in [0, 0.1) is 35.5 Å². The largest absolute Gasteiger partial charge is 0.510 e. The Labute approximate surface area is 288 Å². The Morgan fingerprint density at radius 3 is 1.92 bits per heavy atom. The van der Waals surface area contributed by atoms with E-state index in [4.69, 9.17) is 15.2 Å². The number of carbonyl (C=O) groups excluding carboxylic acids is 3. The number of ether oxygens (including phenoxy) is 2. The van der Waals surface area contributed by atoms with Crippen LogP contribution in [-0.4, -0.2) is 82.8 Å². The van der Waals surface area contributed by atoms with Crippen molar-refractivity contribution in [2.75, 3.05) is 28.3 Å². The van der Waals surface area contributed by atoms with Crippen molar-refractivity contribution in [3.8, 4) is 40.9 Å². The molecule has 0 spiro atoms. The highest BCUT2D eigenvalue weighted by Crippen LogP contribution is 2.52. The zero-order valence-corrected chi connectivity index (χ0v) is 27.7. The molecule has 11 heteroatoms. The quantitative estimate of drug-likeness (QED) is 0.204. The third-order valence-electron chi connectivity index (χ3n) is 9.59. The molecule has 0 fully saturated rings. The number of amides is 1. The van der Waals surface area contributed by atoms with Gasteiger partial charge in [0, 0.05) is 28.2 Å². The fourth-order valence-corrected chi connectivity index (χ4v) is 7.15. The molecule has 0 radical (unpaired) electrons. The topological polar surface area (TPSA) is 180 Å². The lowest BCUT2D eigenvalue weighted by Gasteiger charge is -2.50. The van der Waals surface area contributed by atoms with E-state index < -0.39 is 63.8 Å². The summed E-state index contributed by atoms with van der Waals surface area (Å²) in [7, 11) is 6.25. The summed E-state index contributed by atoms with van der Waals surface area (Å²) in [6.45, 7) is 0. The van der Waals surface area contributed by atoms with Gasteiger partial charge >= 0.3 is 0 Å². The number of nitrogens with two attached hydrogens (primary N) is 1. The van der Waals surface area contributed by atoms with Crippen LogP contribution in [0.15, 0.2) is 77.3 Å². The molecule has 3 aromatic carbocycles. The van der Waals surface area contributed by atoms with Crippen LogP contribution in [-0.2, 0) is 16.0 Å². The van der Waals surface area contributed by atoms with Crippen LogP contribution in [0.4, 0.5) is 0 Å². The third kappa shape index (κ3) is 5.43. The predicted molar refractivity (Wildman–Crippen MR) is 182 cm³/mol. The van der Waals surface area contributed by atoms with E-state index in [-0.39, 0.29) is 29.5 Å². The molecule has 3 aliphatic carbocycles. The van der Waals surface area contributed by atoms with Gasteiger partial charge in [0.05, 0.1) is 31.4 Å². The standard InChI is InChI=1S/C39H34N2O9/c1-41(2)32-28-19-24-18-27-22(11-5-20-7-13-25(49-3)14-8-20)17-23(12-6-21-9-15-26(50-4)16-10-21)33(42)30(27)34(43)29(24)36(45)39(28,48)37(46)31(35(32)44)38(40)47/h7-10,13-17,24,28,32,42,44-45,48H,18-19H2,1-4H3,(H2,40,47)/t24-,28-,32-,39-/m0/s1. The zero-order chi connectivity index (χ0) is 36.1. The number of aliphatic hydroxyl groups excluding tert-OH is 2. The SMILES string of the molecule is COc1ccc(C#Cc2cc(C#Cc3ccc(OC)cc3)c3c(c2O)C(=O)C2=C(O)[C@]4(O)C(=O)C(C(N)=O)=C(O)[C@@H](N(C)C)[C@@H]4C[C@@H]2C3)cc1. The Bertz CT molecular complexity index is 2140. The lowest BCUT2D eigenvalue weighted by atomic mass is 9.58. The molecule has 254 valence electrons. The summed E-state index contributed by atoms with van der Waals surface area (Å²) in [4.78, 5) is 41.9. The van der Waals surface area contributed by atoms with Gasteiger partial charge in [0.1, 0.15) is 34.3 Å². The number of likely N-dealkylation sites (N-methyl/N-ethyl adjacent to an activating group) is 1. The number of phenols is 1. The average Bonchev–Trinajstić information content (AvgIpc) is 3.09. The molecule has 1 amide bonds. The first-order chi connectivity index (χ1) is 23.8. The molecule has 0 saturated heterocycles. The molecule has 50 heavy (non-hydrogen) atoms. The maximum Gasteiger partial charge on any atom is 0.255 e. The van der Waals surface area contributed by atoms with E-state index >= 15 is 0 Å². The molecule has 6 N–H and O–H groups in total. The van der Waals surface area contributed by atoms with Gasteiger partial charge in [-0.1, -0.05) is 23.7 Å². The molecule has 3 aromatic rings. The van der Waals surface area contributed by atoms with Gasteiger partial charge in [-0.05, 0) is 93.0 Å². The molecule has 11 nitrogen and oxygen atoms in total. The predicted octanol–water partition coefficient (Wildman–Crippen LogP) is 2.94. The number of phenolic OH excluding ortho intramolecular Hbond substituents is 1. The molecule has 0 bridgehead atoms. The first-order valence-electron chi connectivity index (χ1n) is 15.7. The first-order valence-corrected chi connectivity index (χ1v) is 15.7. The molecule has 0 saturated carbocycles. The van der Waals surface area contributed by atoms with Gasteiger partial charge in [-0.3, -0.25) is 19.3 Å². The number of fused-ring (bicyclic) bond motifs is 3. The number of allylic oxidation sites excluding steroid dienone is 1. The summed E-state index contributed by atoms with van der Waals surface area (Å²) in [5.74, 6) is 6.06. The van der Waals surface area contributed by atoms with E-state index in [9.17, 15) is 34.8 Å². The first kappa shape index (κ1) is 33.9. The van der Waals surface area contributed by atoms with Crippen molar-refractivity contribution in [1.29, 1.82) is 0 Å². The summed E-state index contributed by atoms with van der Waals surface area (Å²) >= 11 is 0. The van der Waals surface area contributed by atoms with E-state index in [1.807, 2.05) is 0 Å². The molecular weight excluding hydrogens is 640 g/mol. The van der Waals surface area contributed by atoms with Gasteiger partial charge in [-0.25, -0.2) is 0 Å². The Kier molecular flexibility index (Phi) is 8.66. The summed E-state index contributed by atoms with van der Waals surface area (Å²) in [5, 5.41) is 46.2. The second kappa shape index (κ2) is 12.8. The summed E-state index contributed by atoms with van der Waals surface area (Å²) in [5.41, 5.74) is 3.53. The van der Waals surface area contributed by atoms with Gasteiger partial charge in [-0.15, -0.1) is 0 Å². The number of primary amides is 1. The summed E-state index contributed by atoms with van der Waals surface area (Å²) in [6, 6.07) is 14.5. The number of methoxy groups -OCH3 is 2. The van der Waals surface area contributed by atoms with Crippen LogP contribution in [0.3, 0.4) is 0 Å². The van der Waals surface area contributed by atoms with Crippen molar-refractivity contribution in [3.05, 3.63) is 111 Å². The number of nitrogens with zero attached hydrogens (tertiary/aromatic N) is 1. The van der Waals surface area contributed by atoms with Crippen molar-refractivity contribution < 1.29 is 44.3 Å². The number of aliphatic hydroxyl groups is 3. The highest BCUT2D eigenvalue weighted by Gasteiger charge is 2.63. The fraction of sp³-hybridized carbons (Fsp3) is 0.256. The maximum atomic E-state index is 14.4. The molecule has 3 aliphatic rings. The zero-order valence-electron chi connectivity index (χ0n) is 27.7. The van der Waals surface area contributed by atoms with Crippen LogP contribution in [0.1, 0.15) is 44.6 Å². The monoisotopic (exact) mass is 674 g/mol. The number of aromatic hydroxyl groups is 1. The van der Waals surface area contributed by atoms with Gasteiger partial charge in [-0.2, -0.15) is 0 Å². The van der Waals surface area contributed by atoms with Crippen molar-refractivity contribution in [1.82, 2.24) is 4.90 Å².